The highest BCUT2D eigenvalue weighted by Crippen LogP contribution is 2.30. The van der Waals surface area contributed by atoms with E-state index in [1.165, 1.54) is 32.1 Å². The smallest absolute Gasteiger partial charge is 0.0894 e. The summed E-state index contributed by atoms with van der Waals surface area (Å²) in [5, 5.41) is 20.9. The van der Waals surface area contributed by atoms with Gasteiger partial charge in [-0.1, -0.05) is 26.2 Å². The lowest BCUT2D eigenvalue weighted by atomic mass is 9.81. The summed E-state index contributed by atoms with van der Waals surface area (Å²) >= 11 is 0. The first-order valence-electron chi connectivity index (χ1n) is 6.22. The van der Waals surface area contributed by atoms with E-state index in [1.807, 2.05) is 0 Å². The Balaban J connectivity index is 1.99. The molecule has 0 amide bonds. The van der Waals surface area contributed by atoms with Crippen molar-refractivity contribution < 1.29 is 10.2 Å². The Bertz CT molecular complexity index is 164. The largest absolute Gasteiger partial charge is 0.394 e. The summed E-state index contributed by atoms with van der Waals surface area (Å²) in [6, 6.07) is 0. The highest BCUT2D eigenvalue weighted by Gasteiger charge is 2.18. The number of aliphatic hydroxyl groups is 2. The molecular formula is C12H25NO2. The monoisotopic (exact) mass is 215 g/mol. The Hall–Kier alpha value is -0.120. The minimum absolute atomic E-state index is 0.145. The molecule has 1 fully saturated rings. The minimum atomic E-state index is -0.602. The minimum Gasteiger partial charge on any atom is -0.394 e. The molecule has 3 nitrogen and oxygen atoms in total. The average Bonchev–Trinajstić information content (AvgIpc) is 2.24. The number of hydrogen-bond acceptors (Lipinski definition) is 3. The van der Waals surface area contributed by atoms with Crippen LogP contribution >= 0.6 is 0 Å². The van der Waals surface area contributed by atoms with Gasteiger partial charge in [-0.3, -0.25) is 0 Å². The van der Waals surface area contributed by atoms with Crippen molar-refractivity contribution in [1.82, 2.24) is 5.32 Å². The zero-order valence-electron chi connectivity index (χ0n) is 9.78. The van der Waals surface area contributed by atoms with E-state index >= 15 is 0 Å². The van der Waals surface area contributed by atoms with E-state index in [-0.39, 0.29) is 6.61 Å². The van der Waals surface area contributed by atoms with E-state index in [0.29, 0.717) is 6.54 Å². The number of rotatable bonds is 6. The maximum Gasteiger partial charge on any atom is 0.0894 e. The molecule has 0 radical (unpaired) electrons. The topological polar surface area (TPSA) is 52.5 Å². The molecule has 3 N–H and O–H groups in total. The van der Waals surface area contributed by atoms with Crippen LogP contribution in [0.4, 0.5) is 0 Å². The maximum atomic E-state index is 9.12. The molecule has 1 aliphatic carbocycles. The number of nitrogens with one attached hydrogen (secondary N) is 1. The second-order valence-electron chi connectivity index (χ2n) is 4.97. The van der Waals surface area contributed by atoms with Crippen molar-refractivity contribution in [2.24, 2.45) is 11.8 Å². The lowest BCUT2D eigenvalue weighted by Gasteiger charge is -2.26. The Morgan fingerprint density at radius 3 is 2.87 bits per heavy atom. The van der Waals surface area contributed by atoms with E-state index in [0.717, 1.165) is 18.4 Å². The Morgan fingerprint density at radius 2 is 2.20 bits per heavy atom. The molecule has 15 heavy (non-hydrogen) atoms. The van der Waals surface area contributed by atoms with E-state index in [9.17, 15) is 0 Å². The van der Waals surface area contributed by atoms with E-state index in [1.54, 1.807) is 0 Å². The zero-order valence-corrected chi connectivity index (χ0v) is 9.78. The Kier molecular flexibility index (Phi) is 6.22. The second kappa shape index (κ2) is 7.20. The molecule has 1 aliphatic rings. The summed E-state index contributed by atoms with van der Waals surface area (Å²) < 4.78 is 0. The fourth-order valence-electron chi connectivity index (χ4n) is 2.46. The van der Waals surface area contributed by atoms with Gasteiger partial charge in [-0.05, 0) is 31.2 Å². The summed E-state index contributed by atoms with van der Waals surface area (Å²) in [6.45, 7) is 3.68. The van der Waals surface area contributed by atoms with Crippen LogP contribution in [0.1, 0.15) is 39.0 Å². The fraction of sp³-hybridized carbons (Fsp3) is 1.00. The first-order valence-corrected chi connectivity index (χ1v) is 6.22. The molecule has 0 aromatic heterocycles. The average molecular weight is 215 g/mol. The van der Waals surface area contributed by atoms with Crippen LogP contribution in [0.2, 0.25) is 0 Å². The van der Waals surface area contributed by atoms with Gasteiger partial charge in [0, 0.05) is 6.54 Å². The SMILES string of the molecule is CC1CCCC(CCNCC(O)CO)C1. The third kappa shape index (κ3) is 5.50. The van der Waals surface area contributed by atoms with E-state index < -0.39 is 6.10 Å². The Labute approximate surface area is 92.9 Å². The molecule has 0 aromatic carbocycles. The Morgan fingerprint density at radius 1 is 1.40 bits per heavy atom. The van der Waals surface area contributed by atoms with Gasteiger partial charge in [-0.15, -0.1) is 0 Å². The highest BCUT2D eigenvalue weighted by molar-refractivity contribution is 4.71. The quantitative estimate of drug-likeness (QED) is 0.583. The molecule has 0 saturated heterocycles. The maximum absolute atomic E-state index is 9.12. The summed E-state index contributed by atoms with van der Waals surface area (Å²) in [7, 11) is 0. The van der Waals surface area contributed by atoms with Crippen LogP contribution in [0.3, 0.4) is 0 Å². The van der Waals surface area contributed by atoms with Crippen LogP contribution in [0, 0.1) is 11.8 Å². The van der Waals surface area contributed by atoms with Crippen LogP contribution in [-0.2, 0) is 0 Å². The van der Waals surface area contributed by atoms with Crippen LogP contribution in [0.5, 0.6) is 0 Å². The normalized spacial score (nSPS) is 29.0. The van der Waals surface area contributed by atoms with Crippen molar-refractivity contribution in [2.45, 2.75) is 45.1 Å². The third-order valence-electron chi connectivity index (χ3n) is 3.37. The van der Waals surface area contributed by atoms with Crippen molar-refractivity contribution in [3.05, 3.63) is 0 Å². The molecule has 3 unspecified atom stereocenters. The molecule has 3 atom stereocenters. The van der Waals surface area contributed by atoms with Crippen molar-refractivity contribution in [1.29, 1.82) is 0 Å². The van der Waals surface area contributed by atoms with Gasteiger partial charge >= 0.3 is 0 Å². The van der Waals surface area contributed by atoms with Crippen molar-refractivity contribution in [3.63, 3.8) is 0 Å². The molecule has 1 rings (SSSR count). The lowest BCUT2D eigenvalue weighted by Crippen LogP contribution is -2.31. The molecule has 0 bridgehead atoms. The second-order valence-corrected chi connectivity index (χ2v) is 4.97. The van der Waals surface area contributed by atoms with Gasteiger partial charge in [0.25, 0.3) is 0 Å². The molecule has 0 spiro atoms. The van der Waals surface area contributed by atoms with Crippen LogP contribution < -0.4 is 5.32 Å². The predicted octanol–water partition coefficient (Wildman–Crippen LogP) is 1.15. The van der Waals surface area contributed by atoms with Gasteiger partial charge in [0.2, 0.25) is 0 Å². The summed E-state index contributed by atoms with van der Waals surface area (Å²) in [5.74, 6) is 1.76. The van der Waals surface area contributed by atoms with Crippen molar-refractivity contribution >= 4 is 0 Å². The van der Waals surface area contributed by atoms with Gasteiger partial charge in [0.15, 0.2) is 0 Å². The molecule has 90 valence electrons. The molecule has 0 heterocycles. The van der Waals surface area contributed by atoms with Gasteiger partial charge < -0.3 is 15.5 Å². The molecule has 0 aliphatic heterocycles. The predicted molar refractivity (Wildman–Crippen MR) is 61.7 cm³/mol. The first-order chi connectivity index (χ1) is 7.22. The van der Waals surface area contributed by atoms with E-state index in [2.05, 4.69) is 12.2 Å². The van der Waals surface area contributed by atoms with Crippen LogP contribution in [0.15, 0.2) is 0 Å². The first kappa shape index (κ1) is 12.9. The van der Waals surface area contributed by atoms with E-state index in [4.69, 9.17) is 10.2 Å². The zero-order chi connectivity index (χ0) is 11.1. The molecule has 0 aromatic rings. The van der Waals surface area contributed by atoms with Crippen LogP contribution in [0.25, 0.3) is 0 Å². The number of aliphatic hydroxyl groups excluding tert-OH is 2. The molecule has 3 heteroatoms. The summed E-state index contributed by atoms with van der Waals surface area (Å²) in [6.07, 6.45) is 6.12. The summed E-state index contributed by atoms with van der Waals surface area (Å²) in [5.41, 5.74) is 0. The summed E-state index contributed by atoms with van der Waals surface area (Å²) in [4.78, 5) is 0. The van der Waals surface area contributed by atoms with Crippen LogP contribution in [-0.4, -0.2) is 36.0 Å². The van der Waals surface area contributed by atoms with Gasteiger partial charge in [-0.2, -0.15) is 0 Å². The van der Waals surface area contributed by atoms with Gasteiger partial charge in [-0.25, -0.2) is 0 Å². The lowest BCUT2D eigenvalue weighted by molar-refractivity contribution is 0.0939. The molecule has 1 saturated carbocycles. The standard InChI is InChI=1S/C12H25NO2/c1-10-3-2-4-11(7-10)5-6-13-8-12(15)9-14/h10-15H,2-9H2,1H3. The van der Waals surface area contributed by atoms with Crippen molar-refractivity contribution in [2.75, 3.05) is 19.7 Å². The molecular weight excluding hydrogens is 190 g/mol. The third-order valence-corrected chi connectivity index (χ3v) is 3.37. The highest BCUT2D eigenvalue weighted by atomic mass is 16.3. The fourth-order valence-corrected chi connectivity index (χ4v) is 2.46. The van der Waals surface area contributed by atoms with Gasteiger partial charge in [0.05, 0.1) is 12.7 Å². The van der Waals surface area contributed by atoms with Gasteiger partial charge in [0.1, 0.15) is 0 Å². The number of hydrogen-bond donors (Lipinski definition) is 3. The van der Waals surface area contributed by atoms with Crippen molar-refractivity contribution in [3.8, 4) is 0 Å².